The van der Waals surface area contributed by atoms with Gasteiger partial charge in [0, 0.05) is 23.1 Å². The van der Waals surface area contributed by atoms with Crippen LogP contribution in [0.15, 0.2) is 34.3 Å². The second-order valence-corrected chi connectivity index (χ2v) is 5.38. The van der Waals surface area contributed by atoms with Gasteiger partial charge in [-0.3, -0.25) is 4.79 Å². The molecule has 0 spiro atoms. The molecule has 1 aromatic carbocycles. The molecule has 17 heavy (non-hydrogen) atoms. The minimum atomic E-state index is 0.123. The number of hydrogen-bond acceptors (Lipinski definition) is 1. The van der Waals surface area contributed by atoms with E-state index in [2.05, 4.69) is 28.9 Å². The number of nitrogens with zero attached hydrogens (tertiary/aromatic N) is 1. The van der Waals surface area contributed by atoms with Crippen molar-refractivity contribution in [1.29, 1.82) is 0 Å². The predicted octanol–water partition coefficient (Wildman–Crippen LogP) is 3.55. The number of halogens is 1. The lowest BCUT2D eigenvalue weighted by molar-refractivity contribution is 0.0766. The summed E-state index contributed by atoms with van der Waals surface area (Å²) in [7, 11) is 0. The number of rotatable bonds is 1. The molecular formula is C14H16BrNO. The fourth-order valence-corrected chi connectivity index (χ4v) is 2.37. The zero-order chi connectivity index (χ0) is 12.4. The van der Waals surface area contributed by atoms with Gasteiger partial charge in [-0.2, -0.15) is 0 Å². The summed E-state index contributed by atoms with van der Waals surface area (Å²) in [5.74, 6) is 0.123. The Kier molecular flexibility index (Phi) is 3.67. The molecule has 0 fully saturated rings. The number of carbonyl (C=O) groups is 1. The van der Waals surface area contributed by atoms with Crippen molar-refractivity contribution < 1.29 is 4.79 Å². The molecule has 0 unspecified atom stereocenters. The molecule has 1 aliphatic heterocycles. The summed E-state index contributed by atoms with van der Waals surface area (Å²) in [6.07, 6.45) is 3.17. The van der Waals surface area contributed by atoms with Crippen LogP contribution in [0.5, 0.6) is 0 Å². The maximum atomic E-state index is 12.3. The second-order valence-electron chi connectivity index (χ2n) is 4.53. The number of aryl methyl sites for hydroxylation is 1. The van der Waals surface area contributed by atoms with Gasteiger partial charge in [-0.1, -0.05) is 33.6 Å². The highest BCUT2D eigenvalue weighted by Gasteiger charge is 2.18. The molecule has 3 heteroatoms. The quantitative estimate of drug-likeness (QED) is 0.725. The maximum absolute atomic E-state index is 12.3. The zero-order valence-corrected chi connectivity index (χ0v) is 11.8. The van der Waals surface area contributed by atoms with Crippen molar-refractivity contribution in [1.82, 2.24) is 4.90 Å². The van der Waals surface area contributed by atoms with E-state index in [-0.39, 0.29) is 5.91 Å². The van der Waals surface area contributed by atoms with Gasteiger partial charge in [0.1, 0.15) is 0 Å². The van der Waals surface area contributed by atoms with E-state index in [0.29, 0.717) is 0 Å². The van der Waals surface area contributed by atoms with Crippen molar-refractivity contribution >= 4 is 21.8 Å². The highest BCUT2D eigenvalue weighted by molar-refractivity contribution is 9.10. The lowest BCUT2D eigenvalue weighted by Crippen LogP contribution is -2.35. The van der Waals surface area contributed by atoms with Crippen molar-refractivity contribution in [2.45, 2.75) is 20.3 Å². The van der Waals surface area contributed by atoms with Gasteiger partial charge in [-0.15, -0.1) is 0 Å². The molecule has 2 rings (SSSR count). The van der Waals surface area contributed by atoms with Crippen molar-refractivity contribution in [3.63, 3.8) is 0 Å². The largest absolute Gasteiger partial charge is 0.334 e. The molecule has 0 N–H and O–H groups in total. The molecule has 0 aliphatic carbocycles. The van der Waals surface area contributed by atoms with Gasteiger partial charge >= 0.3 is 0 Å². The third-order valence-electron chi connectivity index (χ3n) is 3.04. The van der Waals surface area contributed by atoms with Crippen LogP contribution in [-0.4, -0.2) is 23.9 Å². The molecule has 2 nitrogen and oxygen atoms in total. The van der Waals surface area contributed by atoms with Crippen LogP contribution < -0.4 is 0 Å². The Hall–Kier alpha value is -1.09. The van der Waals surface area contributed by atoms with E-state index in [1.54, 1.807) is 0 Å². The van der Waals surface area contributed by atoms with Crippen LogP contribution in [-0.2, 0) is 0 Å². The molecule has 1 aliphatic rings. The summed E-state index contributed by atoms with van der Waals surface area (Å²) in [4.78, 5) is 14.2. The van der Waals surface area contributed by atoms with Gasteiger partial charge in [0.05, 0.1) is 0 Å². The van der Waals surface area contributed by atoms with E-state index in [1.807, 2.05) is 30.0 Å². The Balaban J connectivity index is 2.19. The number of benzene rings is 1. The van der Waals surface area contributed by atoms with E-state index in [1.165, 1.54) is 5.57 Å². The SMILES string of the molecule is CC1=CCCN(C(=O)c2ccc(C)c(Br)c2)C1. The molecule has 0 atom stereocenters. The average molecular weight is 294 g/mol. The lowest BCUT2D eigenvalue weighted by Gasteiger charge is -2.26. The normalized spacial score (nSPS) is 15.7. The molecule has 1 aromatic rings. The summed E-state index contributed by atoms with van der Waals surface area (Å²) in [5.41, 5.74) is 3.18. The van der Waals surface area contributed by atoms with Gasteiger partial charge in [0.2, 0.25) is 0 Å². The maximum Gasteiger partial charge on any atom is 0.254 e. The van der Waals surface area contributed by atoms with Gasteiger partial charge in [0.25, 0.3) is 5.91 Å². The Bertz CT molecular complexity index is 479. The van der Waals surface area contributed by atoms with E-state index >= 15 is 0 Å². The lowest BCUT2D eigenvalue weighted by atomic mass is 10.1. The predicted molar refractivity (Wildman–Crippen MR) is 73.2 cm³/mol. The first-order chi connectivity index (χ1) is 8.08. The summed E-state index contributed by atoms with van der Waals surface area (Å²) in [6, 6.07) is 5.78. The Morgan fingerprint density at radius 2 is 2.12 bits per heavy atom. The summed E-state index contributed by atoms with van der Waals surface area (Å²) >= 11 is 3.47. The van der Waals surface area contributed by atoms with Crippen molar-refractivity contribution in [2.24, 2.45) is 0 Å². The smallest absolute Gasteiger partial charge is 0.254 e. The molecular weight excluding hydrogens is 278 g/mol. The minimum Gasteiger partial charge on any atom is -0.334 e. The molecule has 90 valence electrons. The van der Waals surface area contributed by atoms with Gasteiger partial charge in [0.15, 0.2) is 0 Å². The molecule has 1 amide bonds. The van der Waals surface area contributed by atoms with Crippen LogP contribution in [0, 0.1) is 6.92 Å². The molecule has 0 radical (unpaired) electrons. The van der Waals surface area contributed by atoms with Crippen LogP contribution in [0.3, 0.4) is 0 Å². The first-order valence-electron chi connectivity index (χ1n) is 5.79. The van der Waals surface area contributed by atoms with Crippen molar-refractivity contribution in [3.05, 3.63) is 45.4 Å². The van der Waals surface area contributed by atoms with Gasteiger partial charge in [-0.05, 0) is 38.0 Å². The fraction of sp³-hybridized carbons (Fsp3) is 0.357. The number of amides is 1. The van der Waals surface area contributed by atoms with E-state index in [4.69, 9.17) is 0 Å². The summed E-state index contributed by atoms with van der Waals surface area (Å²) in [6.45, 7) is 5.67. The highest BCUT2D eigenvalue weighted by Crippen LogP contribution is 2.20. The topological polar surface area (TPSA) is 20.3 Å². The van der Waals surface area contributed by atoms with E-state index < -0.39 is 0 Å². The summed E-state index contributed by atoms with van der Waals surface area (Å²) in [5, 5.41) is 0. The average Bonchev–Trinajstić information content (AvgIpc) is 2.32. The van der Waals surface area contributed by atoms with Crippen molar-refractivity contribution in [2.75, 3.05) is 13.1 Å². The summed E-state index contributed by atoms with van der Waals surface area (Å²) < 4.78 is 0.993. The number of hydrogen-bond donors (Lipinski definition) is 0. The minimum absolute atomic E-state index is 0.123. The molecule has 0 saturated heterocycles. The molecule has 0 aromatic heterocycles. The van der Waals surface area contributed by atoms with Crippen LogP contribution in [0.1, 0.15) is 29.3 Å². The third kappa shape index (κ3) is 2.78. The van der Waals surface area contributed by atoms with Gasteiger partial charge < -0.3 is 4.90 Å². The highest BCUT2D eigenvalue weighted by atomic mass is 79.9. The first-order valence-corrected chi connectivity index (χ1v) is 6.58. The van der Waals surface area contributed by atoms with Crippen LogP contribution in [0.4, 0.5) is 0 Å². The fourth-order valence-electron chi connectivity index (χ4n) is 1.99. The van der Waals surface area contributed by atoms with E-state index in [9.17, 15) is 4.79 Å². The first kappa shape index (κ1) is 12.4. The van der Waals surface area contributed by atoms with Crippen LogP contribution in [0.25, 0.3) is 0 Å². The molecule has 1 heterocycles. The van der Waals surface area contributed by atoms with Crippen LogP contribution in [0.2, 0.25) is 0 Å². The van der Waals surface area contributed by atoms with Gasteiger partial charge in [-0.25, -0.2) is 0 Å². The Morgan fingerprint density at radius 3 is 2.76 bits per heavy atom. The zero-order valence-electron chi connectivity index (χ0n) is 10.2. The van der Waals surface area contributed by atoms with Crippen LogP contribution >= 0.6 is 15.9 Å². The third-order valence-corrected chi connectivity index (χ3v) is 3.89. The standard InChI is InChI=1S/C14H16BrNO/c1-10-4-3-7-16(9-10)14(17)12-6-5-11(2)13(15)8-12/h4-6,8H,3,7,9H2,1-2H3. The Morgan fingerprint density at radius 1 is 1.35 bits per heavy atom. The number of carbonyl (C=O) groups excluding carboxylic acids is 1. The van der Waals surface area contributed by atoms with Crippen molar-refractivity contribution in [3.8, 4) is 0 Å². The molecule has 0 saturated carbocycles. The second kappa shape index (κ2) is 5.05. The Labute approximate surface area is 110 Å². The molecule has 0 bridgehead atoms. The van der Waals surface area contributed by atoms with E-state index in [0.717, 1.165) is 35.1 Å². The monoisotopic (exact) mass is 293 g/mol.